The van der Waals surface area contributed by atoms with Crippen molar-refractivity contribution in [3.63, 3.8) is 0 Å². The molecule has 4 aromatic rings. The van der Waals surface area contributed by atoms with E-state index < -0.39 is 11.7 Å². The number of imidazole rings is 1. The van der Waals surface area contributed by atoms with Crippen LogP contribution in [0.5, 0.6) is 0 Å². The molecule has 0 atom stereocenters. The molecule has 2 aromatic carbocycles. The summed E-state index contributed by atoms with van der Waals surface area (Å²) < 4.78 is 48.0. The molecule has 6 nitrogen and oxygen atoms in total. The first-order valence-corrected chi connectivity index (χ1v) is 12.2. The van der Waals surface area contributed by atoms with Crippen LogP contribution < -0.4 is 5.32 Å². The normalized spacial score (nSPS) is 14.6. The summed E-state index contributed by atoms with van der Waals surface area (Å²) in [7, 11) is 1.91. The van der Waals surface area contributed by atoms with Gasteiger partial charge in [-0.15, -0.1) is 0 Å². The van der Waals surface area contributed by atoms with E-state index in [0.717, 1.165) is 41.8 Å². The molecule has 2 aromatic heterocycles. The Balaban J connectivity index is 1.53. The smallest absolute Gasteiger partial charge is 0.379 e. The molecular formula is C28H28F3N5O. The van der Waals surface area contributed by atoms with Gasteiger partial charge in [-0.2, -0.15) is 13.2 Å². The van der Waals surface area contributed by atoms with E-state index in [0.29, 0.717) is 43.4 Å². The Kier molecular flexibility index (Phi) is 7.25. The van der Waals surface area contributed by atoms with E-state index in [-0.39, 0.29) is 0 Å². The summed E-state index contributed by atoms with van der Waals surface area (Å²) in [5.41, 5.74) is 2.92. The number of ether oxygens (including phenoxy) is 1. The molecule has 0 unspecified atom stereocenters. The Labute approximate surface area is 213 Å². The molecule has 0 saturated carbocycles. The Hall–Kier alpha value is -3.69. The lowest BCUT2D eigenvalue weighted by Crippen LogP contribution is -2.36. The first kappa shape index (κ1) is 25.0. The number of nitrogens with zero attached hydrogens (tertiary/aromatic N) is 4. The zero-order chi connectivity index (χ0) is 25.8. The number of halogens is 3. The van der Waals surface area contributed by atoms with Crippen molar-refractivity contribution >= 4 is 5.82 Å². The fourth-order valence-electron chi connectivity index (χ4n) is 4.48. The number of pyridine rings is 1. The minimum Gasteiger partial charge on any atom is -0.379 e. The number of hydrogen-bond donors (Lipinski definition) is 1. The largest absolute Gasteiger partial charge is 0.416 e. The van der Waals surface area contributed by atoms with Gasteiger partial charge >= 0.3 is 6.18 Å². The quantitative estimate of drug-likeness (QED) is 0.352. The van der Waals surface area contributed by atoms with E-state index in [1.54, 1.807) is 12.3 Å². The maximum atomic E-state index is 13.5. The van der Waals surface area contributed by atoms with E-state index in [9.17, 15) is 13.2 Å². The summed E-state index contributed by atoms with van der Waals surface area (Å²) in [4.78, 5) is 11.6. The van der Waals surface area contributed by atoms with Crippen LogP contribution in [0.1, 0.15) is 17.0 Å². The topological polar surface area (TPSA) is 55.2 Å². The minimum atomic E-state index is -4.44. The first-order chi connectivity index (χ1) is 17.9. The van der Waals surface area contributed by atoms with Crippen LogP contribution in [0.25, 0.3) is 22.5 Å². The maximum absolute atomic E-state index is 13.5. The minimum absolute atomic E-state index is 0.421. The number of alkyl halides is 3. The second-order valence-electron chi connectivity index (χ2n) is 9.02. The molecule has 0 amide bonds. The molecule has 9 heteroatoms. The van der Waals surface area contributed by atoms with Gasteiger partial charge in [-0.05, 0) is 29.8 Å². The van der Waals surface area contributed by atoms with Crippen molar-refractivity contribution in [2.24, 2.45) is 7.05 Å². The van der Waals surface area contributed by atoms with Crippen molar-refractivity contribution in [3.8, 4) is 22.5 Å². The fraction of sp³-hybridized carbons (Fsp3) is 0.286. The van der Waals surface area contributed by atoms with Gasteiger partial charge in [-0.3, -0.25) is 4.90 Å². The van der Waals surface area contributed by atoms with Crippen LogP contribution in [0.3, 0.4) is 0 Å². The number of rotatable bonds is 7. The summed E-state index contributed by atoms with van der Waals surface area (Å²) in [6.45, 7) is 4.05. The predicted molar refractivity (Wildman–Crippen MR) is 137 cm³/mol. The lowest BCUT2D eigenvalue weighted by molar-refractivity contribution is -0.137. The third kappa shape index (κ3) is 5.84. The van der Waals surface area contributed by atoms with Gasteiger partial charge in [-0.25, -0.2) is 9.97 Å². The number of nitrogens with one attached hydrogen (secondary N) is 1. The molecule has 1 fully saturated rings. The molecule has 0 aliphatic carbocycles. The molecule has 192 valence electrons. The van der Waals surface area contributed by atoms with Gasteiger partial charge in [0, 0.05) is 44.0 Å². The third-order valence-electron chi connectivity index (χ3n) is 6.47. The predicted octanol–water partition coefficient (Wildman–Crippen LogP) is 5.61. The van der Waals surface area contributed by atoms with Gasteiger partial charge in [0.05, 0.1) is 36.7 Å². The van der Waals surface area contributed by atoms with E-state index in [1.165, 1.54) is 12.1 Å². The van der Waals surface area contributed by atoms with Gasteiger partial charge < -0.3 is 14.6 Å². The number of morpholine rings is 1. The second-order valence-corrected chi connectivity index (χ2v) is 9.02. The lowest BCUT2D eigenvalue weighted by Gasteiger charge is -2.26. The highest BCUT2D eigenvalue weighted by molar-refractivity contribution is 5.80. The van der Waals surface area contributed by atoms with Gasteiger partial charge in [-0.1, -0.05) is 42.5 Å². The van der Waals surface area contributed by atoms with Crippen LogP contribution in [-0.4, -0.2) is 45.7 Å². The Bertz CT molecular complexity index is 1350. The average molecular weight is 508 g/mol. The highest BCUT2D eigenvalue weighted by atomic mass is 19.4. The number of aromatic nitrogens is 3. The Morgan fingerprint density at radius 3 is 2.49 bits per heavy atom. The lowest BCUT2D eigenvalue weighted by atomic mass is 10.0. The summed E-state index contributed by atoms with van der Waals surface area (Å²) in [6.07, 6.45) is -2.74. The monoisotopic (exact) mass is 507 g/mol. The summed E-state index contributed by atoms with van der Waals surface area (Å²) in [5.74, 6) is 1.45. The van der Waals surface area contributed by atoms with Crippen LogP contribution in [0.4, 0.5) is 19.0 Å². The highest BCUT2D eigenvalue weighted by Gasteiger charge is 2.31. The van der Waals surface area contributed by atoms with Crippen molar-refractivity contribution < 1.29 is 17.9 Å². The van der Waals surface area contributed by atoms with E-state index >= 15 is 0 Å². The highest BCUT2D eigenvalue weighted by Crippen LogP contribution is 2.37. The van der Waals surface area contributed by atoms with Crippen molar-refractivity contribution in [1.29, 1.82) is 0 Å². The van der Waals surface area contributed by atoms with Crippen molar-refractivity contribution in [2.45, 2.75) is 19.3 Å². The molecule has 0 spiro atoms. The van der Waals surface area contributed by atoms with Gasteiger partial charge in [0.15, 0.2) is 0 Å². The molecular weight excluding hydrogens is 479 g/mol. The molecule has 5 rings (SSSR count). The zero-order valence-electron chi connectivity index (χ0n) is 20.5. The average Bonchev–Trinajstić information content (AvgIpc) is 3.24. The van der Waals surface area contributed by atoms with Crippen molar-refractivity contribution in [3.05, 3.63) is 89.9 Å². The zero-order valence-corrected chi connectivity index (χ0v) is 20.5. The van der Waals surface area contributed by atoms with Crippen LogP contribution in [0, 0.1) is 0 Å². The summed E-state index contributed by atoms with van der Waals surface area (Å²) in [5, 5.41) is 3.34. The second kappa shape index (κ2) is 10.7. The summed E-state index contributed by atoms with van der Waals surface area (Å²) in [6, 6.07) is 19.1. The number of benzene rings is 2. The fourth-order valence-corrected chi connectivity index (χ4v) is 4.48. The first-order valence-electron chi connectivity index (χ1n) is 12.2. The molecule has 0 radical (unpaired) electrons. The Morgan fingerprint density at radius 2 is 1.73 bits per heavy atom. The molecule has 1 N–H and O–H groups in total. The van der Waals surface area contributed by atoms with Crippen LogP contribution in [0.2, 0.25) is 0 Å². The van der Waals surface area contributed by atoms with Crippen molar-refractivity contribution in [2.75, 3.05) is 31.6 Å². The van der Waals surface area contributed by atoms with Crippen LogP contribution in [0.15, 0.2) is 72.9 Å². The number of hydrogen-bond acceptors (Lipinski definition) is 5. The third-order valence-corrected chi connectivity index (χ3v) is 6.47. The molecule has 3 heterocycles. The molecule has 1 saturated heterocycles. The van der Waals surface area contributed by atoms with E-state index in [1.807, 2.05) is 54.1 Å². The van der Waals surface area contributed by atoms with Crippen LogP contribution in [-0.2, 0) is 31.1 Å². The van der Waals surface area contributed by atoms with E-state index in [4.69, 9.17) is 9.72 Å². The Morgan fingerprint density at radius 1 is 0.946 bits per heavy atom. The molecule has 37 heavy (non-hydrogen) atoms. The van der Waals surface area contributed by atoms with E-state index in [2.05, 4.69) is 15.2 Å². The molecule has 0 bridgehead atoms. The molecule has 1 aliphatic heterocycles. The van der Waals surface area contributed by atoms with Crippen LogP contribution >= 0.6 is 0 Å². The van der Waals surface area contributed by atoms with Gasteiger partial charge in [0.25, 0.3) is 0 Å². The maximum Gasteiger partial charge on any atom is 0.416 e. The van der Waals surface area contributed by atoms with Gasteiger partial charge in [0.1, 0.15) is 11.6 Å². The number of anilines is 1. The standard InChI is InChI=1S/C28H28F3N5O/c1-35-25(19-36-12-14-37-15-13-36)34-26(21-8-5-9-23(16-21)28(29,30)31)27(35)22-10-11-32-24(17-22)33-18-20-6-3-2-4-7-20/h2-11,16-17H,12-15,18-19H2,1H3,(H,32,33). The SMILES string of the molecule is Cn1c(CN2CCOCC2)nc(-c2cccc(C(F)(F)F)c2)c1-c1ccnc(NCc2ccccc2)c1. The van der Waals surface area contributed by atoms with Crippen molar-refractivity contribution in [1.82, 2.24) is 19.4 Å². The van der Waals surface area contributed by atoms with Gasteiger partial charge in [0.2, 0.25) is 0 Å². The summed E-state index contributed by atoms with van der Waals surface area (Å²) >= 11 is 0. The molecule has 1 aliphatic rings.